The molecule has 95 valence electrons. The molecule has 0 bridgehead atoms. The topological polar surface area (TPSA) is 75.3 Å². The summed E-state index contributed by atoms with van der Waals surface area (Å²) in [5.74, 6) is -0.0588. The minimum Gasteiger partial charge on any atom is -0.508 e. The quantitative estimate of drug-likeness (QED) is 0.751. The van der Waals surface area contributed by atoms with E-state index in [0.29, 0.717) is 5.56 Å². The zero-order chi connectivity index (χ0) is 13.0. The van der Waals surface area contributed by atoms with Gasteiger partial charge in [0.2, 0.25) is 0 Å². The number of hydrogen-bond donors (Lipinski definition) is 3. The van der Waals surface area contributed by atoms with Crippen LogP contribution in [0.25, 0.3) is 0 Å². The minimum absolute atomic E-state index is 0. The average Bonchev–Trinajstić information content (AvgIpc) is 2.40. The van der Waals surface area contributed by atoms with Gasteiger partial charge in [-0.15, -0.1) is 0 Å². The number of phenols is 1. The molecule has 1 radical (unpaired) electrons. The molecule has 0 aliphatic carbocycles. The fraction of sp³-hybridized carbons (Fsp3) is 0.0714. The first-order valence-electron chi connectivity index (χ1n) is 5.57. The number of phenolic OH excluding ortho intramolecular Hbond substituents is 1. The average molecular weight is 331 g/mol. The summed E-state index contributed by atoms with van der Waals surface area (Å²) in [4.78, 5) is 11.9. The van der Waals surface area contributed by atoms with E-state index in [0.717, 1.165) is 5.56 Å². The number of amides is 1. The molecule has 1 unspecified atom stereocenters. The van der Waals surface area contributed by atoms with Crippen molar-refractivity contribution in [2.24, 2.45) is 5.73 Å². The third-order valence-corrected chi connectivity index (χ3v) is 2.57. The Balaban J connectivity index is 0.00000180. The van der Waals surface area contributed by atoms with Crippen molar-refractivity contribution < 1.29 is 42.6 Å². The zero-order valence-corrected chi connectivity index (χ0v) is 13.1. The van der Waals surface area contributed by atoms with Crippen molar-refractivity contribution in [3.8, 4) is 5.75 Å². The fourth-order valence-corrected chi connectivity index (χ4v) is 1.58. The van der Waals surface area contributed by atoms with Crippen LogP contribution in [0.5, 0.6) is 5.75 Å². The zero-order valence-electron chi connectivity index (χ0n) is 10.3. The van der Waals surface area contributed by atoms with Crippen molar-refractivity contribution in [2.45, 2.75) is 6.17 Å². The van der Waals surface area contributed by atoms with Crippen LogP contribution in [0.3, 0.4) is 0 Å². The molecule has 0 aromatic heterocycles. The minimum atomic E-state index is -0.599. The van der Waals surface area contributed by atoms with Crippen molar-refractivity contribution in [2.75, 3.05) is 0 Å². The summed E-state index contributed by atoms with van der Waals surface area (Å²) < 4.78 is 0. The van der Waals surface area contributed by atoms with Gasteiger partial charge in [0.15, 0.2) is 0 Å². The SMILES string of the molecule is NC(NC(=O)c1ccccc1)c1ccc(O)cc1.[Y]. The molecule has 0 saturated carbocycles. The Hall–Kier alpha value is -1.23. The molecule has 19 heavy (non-hydrogen) atoms. The van der Waals surface area contributed by atoms with Crippen LogP contribution >= 0.6 is 0 Å². The van der Waals surface area contributed by atoms with E-state index in [1.54, 1.807) is 36.4 Å². The van der Waals surface area contributed by atoms with Gasteiger partial charge in [-0.3, -0.25) is 4.79 Å². The van der Waals surface area contributed by atoms with E-state index in [4.69, 9.17) is 5.73 Å². The van der Waals surface area contributed by atoms with E-state index in [1.165, 1.54) is 12.1 Å². The third kappa shape index (κ3) is 4.42. The standard InChI is InChI=1S/C14H14N2O2.Y/c15-13(10-6-8-12(17)9-7-10)16-14(18)11-4-2-1-3-5-11;/h1-9,13,17H,15H2,(H,16,18);. The van der Waals surface area contributed by atoms with Gasteiger partial charge < -0.3 is 16.2 Å². The summed E-state index contributed by atoms with van der Waals surface area (Å²) >= 11 is 0. The van der Waals surface area contributed by atoms with Gasteiger partial charge in [0.05, 0.1) is 0 Å². The molecule has 2 aromatic carbocycles. The van der Waals surface area contributed by atoms with Gasteiger partial charge in [-0.25, -0.2) is 0 Å². The van der Waals surface area contributed by atoms with Gasteiger partial charge >= 0.3 is 0 Å². The van der Waals surface area contributed by atoms with Crippen LogP contribution in [0.15, 0.2) is 54.6 Å². The molecule has 1 amide bonds. The van der Waals surface area contributed by atoms with Crippen molar-refractivity contribution >= 4 is 5.91 Å². The first kappa shape index (κ1) is 15.8. The molecule has 0 aliphatic rings. The molecule has 0 heterocycles. The van der Waals surface area contributed by atoms with Gasteiger partial charge in [0, 0.05) is 38.3 Å². The number of rotatable bonds is 3. The molecule has 4 nitrogen and oxygen atoms in total. The van der Waals surface area contributed by atoms with Gasteiger partial charge in [-0.2, -0.15) is 0 Å². The molecular formula is C14H14N2O2Y. The number of hydrogen-bond acceptors (Lipinski definition) is 3. The van der Waals surface area contributed by atoms with Crippen LogP contribution < -0.4 is 11.1 Å². The fourth-order valence-electron chi connectivity index (χ4n) is 1.58. The summed E-state index contributed by atoms with van der Waals surface area (Å²) in [5, 5.41) is 11.9. The second-order valence-corrected chi connectivity index (χ2v) is 3.91. The van der Waals surface area contributed by atoms with Crippen LogP contribution in [0.1, 0.15) is 22.1 Å². The monoisotopic (exact) mass is 331 g/mol. The van der Waals surface area contributed by atoms with Gasteiger partial charge in [-0.1, -0.05) is 30.3 Å². The predicted octanol–water partition coefficient (Wildman–Crippen LogP) is 1.78. The first-order chi connectivity index (χ1) is 8.66. The summed E-state index contributed by atoms with van der Waals surface area (Å²) in [5.41, 5.74) is 7.16. The second-order valence-electron chi connectivity index (χ2n) is 3.91. The Labute approximate surface area is 136 Å². The molecule has 1 atom stereocenters. The van der Waals surface area contributed by atoms with Crippen LogP contribution in [-0.4, -0.2) is 11.0 Å². The summed E-state index contributed by atoms with van der Waals surface area (Å²) in [6, 6.07) is 15.3. The molecule has 2 aromatic rings. The summed E-state index contributed by atoms with van der Waals surface area (Å²) in [6.07, 6.45) is -0.599. The van der Waals surface area contributed by atoms with E-state index in [1.807, 2.05) is 6.07 Å². The summed E-state index contributed by atoms with van der Waals surface area (Å²) in [6.45, 7) is 0. The Bertz CT molecular complexity index is 529. The number of carbonyl (C=O) groups is 1. The third-order valence-electron chi connectivity index (χ3n) is 2.57. The van der Waals surface area contributed by atoms with E-state index >= 15 is 0 Å². The van der Waals surface area contributed by atoms with Gasteiger partial charge in [0.1, 0.15) is 11.9 Å². The normalized spacial score (nSPS) is 11.2. The Morgan fingerprint density at radius 3 is 2.21 bits per heavy atom. The Kier molecular flexibility index (Phi) is 6.15. The van der Waals surface area contributed by atoms with Crippen molar-refractivity contribution in [3.05, 3.63) is 65.7 Å². The van der Waals surface area contributed by atoms with E-state index in [9.17, 15) is 9.90 Å². The van der Waals surface area contributed by atoms with E-state index < -0.39 is 6.17 Å². The molecule has 2 rings (SSSR count). The number of aromatic hydroxyl groups is 1. The number of nitrogens with one attached hydrogen (secondary N) is 1. The Morgan fingerprint density at radius 2 is 1.63 bits per heavy atom. The maximum atomic E-state index is 11.9. The van der Waals surface area contributed by atoms with Crippen LogP contribution in [-0.2, 0) is 32.7 Å². The van der Waals surface area contributed by atoms with Crippen molar-refractivity contribution in [1.82, 2.24) is 5.32 Å². The largest absolute Gasteiger partial charge is 0.508 e. The summed E-state index contributed by atoms with van der Waals surface area (Å²) in [7, 11) is 0. The number of nitrogens with two attached hydrogens (primary N) is 1. The van der Waals surface area contributed by atoms with Crippen molar-refractivity contribution in [3.63, 3.8) is 0 Å². The van der Waals surface area contributed by atoms with Crippen LogP contribution in [0.4, 0.5) is 0 Å². The molecule has 5 heteroatoms. The molecule has 4 N–H and O–H groups in total. The smallest absolute Gasteiger partial charge is 0.252 e. The predicted molar refractivity (Wildman–Crippen MR) is 68.9 cm³/mol. The molecule has 0 saturated heterocycles. The first-order valence-corrected chi connectivity index (χ1v) is 5.57. The molecular weight excluding hydrogens is 317 g/mol. The van der Waals surface area contributed by atoms with Crippen LogP contribution in [0, 0.1) is 0 Å². The Morgan fingerprint density at radius 1 is 1.05 bits per heavy atom. The van der Waals surface area contributed by atoms with E-state index in [-0.39, 0.29) is 44.4 Å². The molecule has 0 spiro atoms. The van der Waals surface area contributed by atoms with Crippen LogP contribution in [0.2, 0.25) is 0 Å². The number of benzene rings is 2. The number of carbonyl (C=O) groups excluding carboxylic acids is 1. The maximum Gasteiger partial charge on any atom is 0.252 e. The van der Waals surface area contributed by atoms with E-state index in [2.05, 4.69) is 5.32 Å². The van der Waals surface area contributed by atoms with Gasteiger partial charge in [-0.05, 0) is 29.8 Å². The van der Waals surface area contributed by atoms with Crippen molar-refractivity contribution in [1.29, 1.82) is 0 Å². The molecule has 0 aliphatic heterocycles. The maximum absolute atomic E-state index is 11.9. The van der Waals surface area contributed by atoms with Gasteiger partial charge in [0.25, 0.3) is 5.91 Å². The molecule has 0 fully saturated rings. The second kappa shape index (κ2) is 7.38.